The highest BCUT2D eigenvalue weighted by Gasteiger charge is 2.06. The van der Waals surface area contributed by atoms with Crippen LogP contribution in [0.15, 0.2) is 42.5 Å². The molecule has 1 heterocycles. The Bertz CT molecular complexity index is 492. The molecule has 0 atom stereocenters. The number of hydrogen-bond acceptors (Lipinski definition) is 3. The van der Waals surface area contributed by atoms with Crippen molar-refractivity contribution >= 4 is 11.5 Å². The van der Waals surface area contributed by atoms with Crippen LogP contribution in [-0.2, 0) is 0 Å². The molecule has 1 aromatic carbocycles. The predicted octanol–water partition coefficient (Wildman–Crippen LogP) is 2.40. The van der Waals surface area contributed by atoms with Gasteiger partial charge < -0.3 is 10.6 Å². The van der Waals surface area contributed by atoms with Gasteiger partial charge in [-0.1, -0.05) is 24.3 Å². The molecule has 0 unspecified atom stereocenters. The molecule has 0 fully saturated rings. The van der Waals surface area contributed by atoms with Crippen LogP contribution in [0, 0.1) is 0 Å². The van der Waals surface area contributed by atoms with E-state index in [1.807, 2.05) is 38.4 Å². The number of anilines is 2. The summed E-state index contributed by atoms with van der Waals surface area (Å²) in [6.07, 6.45) is 0. The van der Waals surface area contributed by atoms with Crippen LogP contribution < -0.4 is 10.6 Å². The summed E-state index contributed by atoms with van der Waals surface area (Å²) in [5, 5.41) is 0. The van der Waals surface area contributed by atoms with E-state index >= 15 is 0 Å². The number of benzene rings is 1. The van der Waals surface area contributed by atoms with Crippen LogP contribution in [0.3, 0.4) is 0 Å². The maximum atomic E-state index is 5.70. The molecule has 0 saturated carbocycles. The van der Waals surface area contributed by atoms with Crippen LogP contribution in [0.2, 0.25) is 0 Å². The largest absolute Gasteiger partial charge is 0.384 e. The van der Waals surface area contributed by atoms with Crippen molar-refractivity contribution in [2.75, 3.05) is 24.7 Å². The first kappa shape index (κ1) is 10.5. The van der Waals surface area contributed by atoms with Gasteiger partial charge in [0.1, 0.15) is 5.82 Å². The molecule has 3 nitrogen and oxygen atoms in total. The Kier molecular flexibility index (Phi) is 2.77. The highest BCUT2D eigenvalue weighted by atomic mass is 15.1. The van der Waals surface area contributed by atoms with Gasteiger partial charge in [0.15, 0.2) is 0 Å². The van der Waals surface area contributed by atoms with Crippen LogP contribution in [0.5, 0.6) is 0 Å². The van der Waals surface area contributed by atoms with Crippen LogP contribution in [0.25, 0.3) is 11.3 Å². The Morgan fingerprint density at radius 2 is 1.75 bits per heavy atom. The molecule has 2 N–H and O–H groups in total. The van der Waals surface area contributed by atoms with Crippen molar-refractivity contribution in [1.29, 1.82) is 0 Å². The van der Waals surface area contributed by atoms with Crippen LogP contribution >= 0.6 is 0 Å². The zero-order valence-electron chi connectivity index (χ0n) is 9.51. The molecular formula is C13H15N3. The topological polar surface area (TPSA) is 42.1 Å². The van der Waals surface area contributed by atoms with E-state index in [1.165, 1.54) is 0 Å². The second kappa shape index (κ2) is 4.23. The molecule has 0 aliphatic rings. The Morgan fingerprint density at radius 3 is 2.44 bits per heavy atom. The number of nitrogen functional groups attached to an aromatic ring is 1. The maximum Gasteiger partial charge on any atom is 0.124 e. The number of nitrogens with two attached hydrogens (primary N) is 1. The average molecular weight is 213 g/mol. The highest BCUT2D eigenvalue weighted by Crippen LogP contribution is 2.28. The van der Waals surface area contributed by atoms with E-state index in [0.717, 1.165) is 16.9 Å². The summed E-state index contributed by atoms with van der Waals surface area (Å²) in [6.45, 7) is 0. The summed E-state index contributed by atoms with van der Waals surface area (Å²) in [4.78, 5) is 6.41. The van der Waals surface area contributed by atoms with Gasteiger partial charge in [-0.15, -0.1) is 0 Å². The fourth-order valence-electron chi connectivity index (χ4n) is 1.68. The van der Waals surface area contributed by atoms with Gasteiger partial charge >= 0.3 is 0 Å². The second-order valence-corrected chi connectivity index (χ2v) is 3.86. The third-order valence-corrected chi connectivity index (χ3v) is 2.43. The number of aromatic nitrogens is 1. The number of para-hydroxylation sites is 1. The van der Waals surface area contributed by atoms with E-state index in [2.05, 4.69) is 22.0 Å². The number of rotatable bonds is 2. The monoisotopic (exact) mass is 213 g/mol. The minimum absolute atomic E-state index is 0.547. The van der Waals surface area contributed by atoms with Gasteiger partial charge in [-0.25, -0.2) is 4.98 Å². The van der Waals surface area contributed by atoms with Crippen molar-refractivity contribution < 1.29 is 0 Å². The third-order valence-electron chi connectivity index (χ3n) is 2.43. The first-order valence-corrected chi connectivity index (χ1v) is 5.18. The molecule has 16 heavy (non-hydrogen) atoms. The first-order chi connectivity index (χ1) is 7.68. The van der Waals surface area contributed by atoms with Gasteiger partial charge in [0.25, 0.3) is 0 Å². The van der Waals surface area contributed by atoms with E-state index in [0.29, 0.717) is 5.82 Å². The van der Waals surface area contributed by atoms with Crippen LogP contribution in [0.4, 0.5) is 11.5 Å². The molecule has 2 rings (SSSR count). The van der Waals surface area contributed by atoms with Crippen molar-refractivity contribution in [2.24, 2.45) is 0 Å². The molecule has 0 aliphatic heterocycles. The summed E-state index contributed by atoms with van der Waals surface area (Å²) >= 11 is 0. The van der Waals surface area contributed by atoms with Gasteiger partial charge in [-0.3, -0.25) is 0 Å². The molecule has 1 aromatic heterocycles. The van der Waals surface area contributed by atoms with E-state index in [1.54, 1.807) is 6.07 Å². The van der Waals surface area contributed by atoms with Crippen molar-refractivity contribution in [3.8, 4) is 11.3 Å². The number of nitrogens with zero attached hydrogens (tertiary/aromatic N) is 2. The molecule has 0 radical (unpaired) electrons. The molecule has 0 saturated heterocycles. The molecule has 0 spiro atoms. The van der Waals surface area contributed by atoms with Crippen molar-refractivity contribution in [3.63, 3.8) is 0 Å². The Labute approximate surface area is 95.5 Å². The zero-order chi connectivity index (χ0) is 11.5. The first-order valence-electron chi connectivity index (χ1n) is 5.18. The van der Waals surface area contributed by atoms with Gasteiger partial charge in [0.05, 0.1) is 5.69 Å². The third kappa shape index (κ3) is 1.98. The zero-order valence-corrected chi connectivity index (χ0v) is 9.51. The Hall–Kier alpha value is -2.03. The van der Waals surface area contributed by atoms with Crippen molar-refractivity contribution in [2.45, 2.75) is 0 Å². The molecule has 0 bridgehead atoms. The smallest absolute Gasteiger partial charge is 0.124 e. The van der Waals surface area contributed by atoms with E-state index < -0.39 is 0 Å². The summed E-state index contributed by atoms with van der Waals surface area (Å²) < 4.78 is 0. The highest BCUT2D eigenvalue weighted by molar-refractivity contribution is 5.76. The number of pyridine rings is 1. The lowest BCUT2D eigenvalue weighted by Gasteiger charge is -2.16. The lowest BCUT2D eigenvalue weighted by Crippen LogP contribution is -2.10. The minimum Gasteiger partial charge on any atom is -0.384 e. The quantitative estimate of drug-likeness (QED) is 0.833. The van der Waals surface area contributed by atoms with Gasteiger partial charge in [-0.05, 0) is 18.2 Å². The van der Waals surface area contributed by atoms with E-state index in [9.17, 15) is 0 Å². The predicted molar refractivity (Wildman–Crippen MR) is 68.4 cm³/mol. The van der Waals surface area contributed by atoms with Crippen LogP contribution in [0.1, 0.15) is 0 Å². The summed E-state index contributed by atoms with van der Waals surface area (Å²) in [6, 6.07) is 13.8. The second-order valence-electron chi connectivity index (χ2n) is 3.86. The molecule has 2 aromatic rings. The van der Waals surface area contributed by atoms with E-state index in [4.69, 9.17) is 5.73 Å². The van der Waals surface area contributed by atoms with Gasteiger partial charge in [-0.2, -0.15) is 0 Å². The fourth-order valence-corrected chi connectivity index (χ4v) is 1.68. The van der Waals surface area contributed by atoms with Crippen LogP contribution in [-0.4, -0.2) is 19.1 Å². The summed E-state index contributed by atoms with van der Waals surface area (Å²) in [7, 11) is 4.04. The van der Waals surface area contributed by atoms with Crippen molar-refractivity contribution in [3.05, 3.63) is 42.5 Å². The number of hydrogen-bond donors (Lipinski definition) is 1. The van der Waals surface area contributed by atoms with E-state index in [-0.39, 0.29) is 0 Å². The summed E-state index contributed by atoms with van der Waals surface area (Å²) in [5.41, 5.74) is 8.84. The lowest BCUT2D eigenvalue weighted by molar-refractivity contribution is 1.13. The molecule has 3 heteroatoms. The Balaban J connectivity index is 2.55. The van der Waals surface area contributed by atoms with Crippen molar-refractivity contribution in [1.82, 2.24) is 4.98 Å². The van der Waals surface area contributed by atoms with Gasteiger partial charge in [0.2, 0.25) is 0 Å². The molecule has 0 aliphatic carbocycles. The standard InChI is InChI=1S/C13H15N3/c1-16(2)12-8-4-3-6-10(12)11-7-5-9-13(14)15-11/h3-9H,1-2H3,(H2,14,15). The fraction of sp³-hybridized carbons (Fsp3) is 0.154. The van der Waals surface area contributed by atoms with Gasteiger partial charge in [0, 0.05) is 25.3 Å². The minimum atomic E-state index is 0.547. The molecular weight excluding hydrogens is 198 g/mol. The molecule has 0 amide bonds. The summed E-state index contributed by atoms with van der Waals surface area (Å²) in [5.74, 6) is 0.547. The maximum absolute atomic E-state index is 5.70. The Morgan fingerprint density at radius 1 is 1.00 bits per heavy atom. The lowest BCUT2D eigenvalue weighted by atomic mass is 10.1. The average Bonchev–Trinajstić information content (AvgIpc) is 2.29. The SMILES string of the molecule is CN(C)c1ccccc1-c1cccc(N)n1. The normalized spacial score (nSPS) is 10.1. The molecule has 82 valence electrons.